The molecule has 0 aromatic carbocycles. The minimum Gasteiger partial charge on any atom is -0.481 e. The Bertz CT molecular complexity index is 460. The number of aliphatic carboxylic acids is 1. The zero-order chi connectivity index (χ0) is 13.9. The number of carbonyl (C=O) groups is 1. The summed E-state index contributed by atoms with van der Waals surface area (Å²) in [5.74, 6) is -4.02. The Morgan fingerprint density at radius 1 is 1.44 bits per heavy atom. The van der Waals surface area contributed by atoms with Crippen molar-refractivity contribution in [3.8, 4) is 5.75 Å². The summed E-state index contributed by atoms with van der Waals surface area (Å²) >= 11 is 0. The summed E-state index contributed by atoms with van der Waals surface area (Å²) in [6.45, 7) is -1.41. The van der Waals surface area contributed by atoms with Crippen molar-refractivity contribution in [3.63, 3.8) is 0 Å². The normalized spacial score (nSPS) is 11.4. The van der Waals surface area contributed by atoms with Crippen molar-refractivity contribution in [2.45, 2.75) is 19.5 Å². The highest BCUT2D eigenvalue weighted by molar-refractivity contribution is 5.71. The summed E-state index contributed by atoms with van der Waals surface area (Å²) in [4.78, 5) is 13.4. The molecule has 0 saturated carbocycles. The van der Waals surface area contributed by atoms with Crippen LogP contribution >= 0.6 is 0 Å². The number of nitrogens with zero attached hydrogens (tertiary/aromatic N) is 1. The smallest absolute Gasteiger partial charge is 0.481 e. The van der Waals surface area contributed by atoms with Gasteiger partial charge < -0.3 is 9.84 Å². The molecule has 0 aliphatic heterocycles. The SMILES string of the molecule is O=C(O)Cc1c(OC(F)(F)F)cc(F)nc1CF. The van der Waals surface area contributed by atoms with Crippen molar-refractivity contribution in [3.05, 3.63) is 23.3 Å². The lowest BCUT2D eigenvalue weighted by molar-refractivity contribution is -0.275. The van der Waals surface area contributed by atoms with E-state index >= 15 is 0 Å². The molecule has 0 radical (unpaired) electrons. The van der Waals surface area contributed by atoms with Gasteiger partial charge in [0.15, 0.2) is 0 Å². The first-order valence-electron chi connectivity index (χ1n) is 4.44. The molecule has 0 aliphatic carbocycles. The van der Waals surface area contributed by atoms with E-state index in [2.05, 4.69) is 9.72 Å². The molecule has 18 heavy (non-hydrogen) atoms. The van der Waals surface area contributed by atoms with Gasteiger partial charge >= 0.3 is 12.3 Å². The first kappa shape index (κ1) is 14.1. The number of aromatic nitrogens is 1. The van der Waals surface area contributed by atoms with E-state index in [9.17, 15) is 26.7 Å². The summed E-state index contributed by atoms with van der Waals surface area (Å²) < 4.78 is 64.8. The molecule has 1 rings (SSSR count). The van der Waals surface area contributed by atoms with Crippen LogP contribution in [0.25, 0.3) is 0 Å². The maximum absolute atomic E-state index is 12.8. The molecule has 0 amide bonds. The number of halogens is 5. The quantitative estimate of drug-likeness (QED) is 0.673. The molecule has 1 aromatic rings. The summed E-state index contributed by atoms with van der Waals surface area (Å²) in [6.07, 6.45) is -6.10. The predicted octanol–water partition coefficient (Wildman–Crippen LogP) is 2.22. The van der Waals surface area contributed by atoms with Crippen LogP contribution < -0.4 is 4.74 Å². The van der Waals surface area contributed by atoms with Gasteiger partial charge in [0.25, 0.3) is 0 Å². The lowest BCUT2D eigenvalue weighted by atomic mass is 10.1. The van der Waals surface area contributed by atoms with Gasteiger partial charge in [0.2, 0.25) is 5.95 Å². The number of alkyl halides is 4. The lowest BCUT2D eigenvalue weighted by Crippen LogP contribution is -2.20. The molecule has 0 bridgehead atoms. The van der Waals surface area contributed by atoms with Crippen molar-refractivity contribution in [1.82, 2.24) is 4.98 Å². The summed E-state index contributed by atoms with van der Waals surface area (Å²) in [6, 6.07) is 0.255. The molecule has 0 unspecified atom stereocenters. The zero-order valence-corrected chi connectivity index (χ0v) is 8.59. The van der Waals surface area contributed by atoms with Crippen molar-refractivity contribution in [2.24, 2.45) is 0 Å². The van der Waals surface area contributed by atoms with E-state index in [-0.39, 0.29) is 6.07 Å². The minimum absolute atomic E-state index is 0.255. The molecule has 1 N–H and O–H groups in total. The van der Waals surface area contributed by atoms with Gasteiger partial charge in [-0.2, -0.15) is 4.39 Å². The fourth-order valence-corrected chi connectivity index (χ4v) is 1.23. The Balaban J connectivity index is 3.27. The minimum atomic E-state index is -5.14. The maximum atomic E-state index is 12.8. The van der Waals surface area contributed by atoms with Gasteiger partial charge in [-0.1, -0.05) is 0 Å². The monoisotopic (exact) mass is 271 g/mol. The Labute approximate surface area is 97.0 Å². The van der Waals surface area contributed by atoms with Crippen molar-refractivity contribution >= 4 is 5.97 Å². The van der Waals surface area contributed by atoms with E-state index < -0.39 is 48.4 Å². The van der Waals surface area contributed by atoms with Crippen LogP contribution in [0.5, 0.6) is 5.75 Å². The van der Waals surface area contributed by atoms with Gasteiger partial charge in [-0.25, -0.2) is 9.37 Å². The van der Waals surface area contributed by atoms with E-state index in [1.807, 2.05) is 0 Å². The summed E-state index contributed by atoms with van der Waals surface area (Å²) in [5.41, 5.74) is -1.39. The van der Waals surface area contributed by atoms with Crippen LogP contribution in [0.15, 0.2) is 6.07 Å². The number of pyridine rings is 1. The molecule has 9 heteroatoms. The zero-order valence-electron chi connectivity index (χ0n) is 8.59. The third kappa shape index (κ3) is 3.82. The average Bonchev–Trinajstić information content (AvgIpc) is 2.18. The Hall–Kier alpha value is -1.93. The number of rotatable bonds is 4. The van der Waals surface area contributed by atoms with E-state index in [4.69, 9.17) is 5.11 Å². The van der Waals surface area contributed by atoms with Gasteiger partial charge in [-0.15, -0.1) is 13.2 Å². The van der Waals surface area contributed by atoms with Gasteiger partial charge in [-0.3, -0.25) is 4.79 Å². The third-order valence-electron chi connectivity index (χ3n) is 1.82. The molecule has 1 aromatic heterocycles. The van der Waals surface area contributed by atoms with E-state index in [0.717, 1.165) is 0 Å². The second kappa shape index (κ2) is 5.15. The molecule has 0 spiro atoms. The van der Waals surface area contributed by atoms with Crippen LogP contribution in [0.4, 0.5) is 22.0 Å². The van der Waals surface area contributed by atoms with Gasteiger partial charge in [-0.05, 0) is 0 Å². The number of carboxylic acids is 1. The van der Waals surface area contributed by atoms with E-state index in [1.165, 1.54) is 0 Å². The van der Waals surface area contributed by atoms with Gasteiger partial charge in [0.05, 0.1) is 12.1 Å². The summed E-state index contributed by atoms with van der Waals surface area (Å²) in [5, 5.41) is 8.50. The number of carboxylic acid groups (broad SMARTS) is 1. The number of hydrogen-bond donors (Lipinski definition) is 1. The van der Waals surface area contributed by atoms with Crippen molar-refractivity contribution in [2.75, 3.05) is 0 Å². The van der Waals surface area contributed by atoms with Crippen molar-refractivity contribution in [1.29, 1.82) is 0 Å². The predicted molar refractivity (Wildman–Crippen MR) is 47.0 cm³/mol. The molecule has 4 nitrogen and oxygen atoms in total. The van der Waals surface area contributed by atoms with Crippen LogP contribution in [0.2, 0.25) is 0 Å². The fraction of sp³-hybridized carbons (Fsp3) is 0.333. The number of hydrogen-bond acceptors (Lipinski definition) is 3. The molecule has 0 fully saturated rings. The standard InChI is InChI=1S/C9H6F5NO3/c10-3-5-4(1-8(16)17)6(2-7(11)15-5)18-9(12,13)14/h2H,1,3H2,(H,16,17). The van der Waals surface area contributed by atoms with Crippen molar-refractivity contribution < 1.29 is 36.6 Å². The molecular weight excluding hydrogens is 265 g/mol. The van der Waals surface area contributed by atoms with Gasteiger partial charge in [0.1, 0.15) is 12.4 Å². The second-order valence-corrected chi connectivity index (χ2v) is 3.12. The van der Waals surface area contributed by atoms with Crippen LogP contribution in [-0.4, -0.2) is 22.4 Å². The van der Waals surface area contributed by atoms with Crippen LogP contribution in [0, 0.1) is 5.95 Å². The largest absolute Gasteiger partial charge is 0.573 e. The molecule has 0 aliphatic rings. The first-order valence-corrected chi connectivity index (χ1v) is 4.44. The third-order valence-corrected chi connectivity index (χ3v) is 1.82. The number of ether oxygens (including phenoxy) is 1. The van der Waals surface area contributed by atoms with Gasteiger partial charge in [0, 0.05) is 11.6 Å². The van der Waals surface area contributed by atoms with E-state index in [0.29, 0.717) is 0 Å². The highest BCUT2D eigenvalue weighted by atomic mass is 19.4. The topological polar surface area (TPSA) is 59.4 Å². The average molecular weight is 271 g/mol. The Morgan fingerprint density at radius 3 is 2.50 bits per heavy atom. The van der Waals surface area contributed by atoms with Crippen LogP contribution in [-0.2, 0) is 17.9 Å². The molecule has 1 heterocycles. The molecule has 100 valence electrons. The fourth-order valence-electron chi connectivity index (χ4n) is 1.23. The second-order valence-electron chi connectivity index (χ2n) is 3.12. The maximum Gasteiger partial charge on any atom is 0.573 e. The van der Waals surface area contributed by atoms with E-state index in [1.54, 1.807) is 0 Å². The molecule has 0 atom stereocenters. The lowest BCUT2D eigenvalue weighted by Gasteiger charge is -2.14. The first-order chi connectivity index (χ1) is 8.23. The Morgan fingerprint density at radius 2 is 2.06 bits per heavy atom. The highest BCUT2D eigenvalue weighted by Crippen LogP contribution is 2.29. The van der Waals surface area contributed by atoms with Crippen LogP contribution in [0.1, 0.15) is 11.3 Å². The Kier molecular flexibility index (Phi) is 4.04. The van der Waals surface area contributed by atoms with Crippen LogP contribution in [0.3, 0.4) is 0 Å². The molecule has 0 saturated heterocycles. The molecular formula is C9H6F5NO3. The summed E-state index contributed by atoms with van der Waals surface area (Å²) in [7, 11) is 0. The highest BCUT2D eigenvalue weighted by Gasteiger charge is 2.33.